The van der Waals surface area contributed by atoms with Crippen LogP contribution in [-0.2, 0) is 11.3 Å². The number of rotatable bonds is 7. The predicted octanol–water partition coefficient (Wildman–Crippen LogP) is 6.12. The Bertz CT molecular complexity index is 560. The van der Waals surface area contributed by atoms with Crippen LogP contribution in [0.3, 0.4) is 0 Å². The zero-order valence-corrected chi connectivity index (χ0v) is 14.5. The summed E-state index contributed by atoms with van der Waals surface area (Å²) in [4.78, 5) is 0. The van der Waals surface area contributed by atoms with Crippen molar-refractivity contribution >= 4 is 0 Å². The number of hydrogen-bond acceptors (Lipinski definition) is 2. The minimum absolute atomic E-state index is 0.0733. The molecular weight excluding hydrogens is 355 g/mol. The van der Waals surface area contributed by atoms with Crippen molar-refractivity contribution in [1.29, 1.82) is 0 Å². The lowest BCUT2D eigenvalue weighted by Gasteiger charge is -2.32. The normalized spacial score (nSPS) is 22.7. The number of ether oxygens (including phenoxy) is 2. The van der Waals surface area contributed by atoms with E-state index in [0.29, 0.717) is 24.3 Å². The average molecular weight is 378 g/mol. The second-order valence-electron chi connectivity index (χ2n) is 6.50. The van der Waals surface area contributed by atoms with Gasteiger partial charge in [-0.1, -0.05) is 24.3 Å². The van der Waals surface area contributed by atoms with Crippen molar-refractivity contribution in [1.82, 2.24) is 0 Å². The molecule has 1 unspecified atom stereocenters. The van der Waals surface area contributed by atoms with Gasteiger partial charge in [-0.2, -0.15) is 0 Å². The molecule has 0 aliphatic heterocycles. The van der Waals surface area contributed by atoms with E-state index in [1.165, 1.54) is 12.1 Å². The molecule has 1 aromatic rings. The molecule has 7 heteroatoms. The van der Waals surface area contributed by atoms with Gasteiger partial charge in [0, 0.05) is 0 Å². The maximum absolute atomic E-state index is 13.4. The number of alkyl halides is 5. The van der Waals surface area contributed by atoms with E-state index in [1.807, 2.05) is 13.0 Å². The largest absolute Gasteiger partial charge is 0.573 e. The molecule has 1 fully saturated rings. The highest BCUT2D eigenvalue weighted by Crippen LogP contribution is 2.35. The van der Waals surface area contributed by atoms with Crippen LogP contribution in [0.5, 0.6) is 5.75 Å². The van der Waals surface area contributed by atoms with Gasteiger partial charge in [0.05, 0.1) is 6.61 Å². The third-order valence-electron chi connectivity index (χ3n) is 4.59. The summed E-state index contributed by atoms with van der Waals surface area (Å²) in [5.74, 6) is -0.117. The summed E-state index contributed by atoms with van der Waals surface area (Å²) in [6, 6.07) is 5.05. The summed E-state index contributed by atoms with van der Waals surface area (Å²) < 4.78 is 72.4. The first-order chi connectivity index (χ1) is 12.3. The van der Waals surface area contributed by atoms with Crippen LogP contribution >= 0.6 is 0 Å². The van der Waals surface area contributed by atoms with Crippen LogP contribution in [0, 0.1) is 11.8 Å². The molecule has 1 atom stereocenters. The Morgan fingerprint density at radius 3 is 2.19 bits per heavy atom. The van der Waals surface area contributed by atoms with Gasteiger partial charge >= 0.3 is 6.36 Å². The van der Waals surface area contributed by atoms with Gasteiger partial charge < -0.3 is 9.47 Å². The molecule has 0 bridgehead atoms. The highest BCUT2D eigenvalue weighted by atomic mass is 19.4. The molecule has 26 heavy (non-hydrogen) atoms. The summed E-state index contributed by atoms with van der Waals surface area (Å²) in [7, 11) is 0. The monoisotopic (exact) mass is 378 g/mol. The number of benzene rings is 1. The Balaban J connectivity index is 1.88. The second-order valence-corrected chi connectivity index (χ2v) is 6.50. The van der Waals surface area contributed by atoms with Crippen LogP contribution in [0.25, 0.3) is 0 Å². The molecule has 0 N–H and O–H groups in total. The fourth-order valence-electron chi connectivity index (χ4n) is 3.33. The standard InChI is InChI=1S/C19H23F5O2/c1-2-3-13-4-8-15(9-5-13)17(18(20)21)25-12-14-6-10-16(11-7-14)26-19(22,23)24/h2-3,6-7,10-11,13,15,17-18H,4-5,8-9,12H2,1H3/b3-2+. The first-order valence-electron chi connectivity index (χ1n) is 8.65. The quantitative estimate of drug-likeness (QED) is 0.420. The Kier molecular flexibility index (Phi) is 7.43. The minimum atomic E-state index is -4.76. The lowest BCUT2D eigenvalue weighted by Crippen LogP contribution is -2.33. The molecule has 0 spiro atoms. The first-order valence-corrected chi connectivity index (χ1v) is 8.65. The fraction of sp³-hybridized carbons (Fsp3) is 0.579. The van der Waals surface area contributed by atoms with Gasteiger partial charge in [0.2, 0.25) is 0 Å². The van der Waals surface area contributed by atoms with Gasteiger partial charge in [0.25, 0.3) is 6.43 Å². The van der Waals surface area contributed by atoms with Crippen molar-refractivity contribution in [2.24, 2.45) is 11.8 Å². The Morgan fingerprint density at radius 2 is 1.69 bits per heavy atom. The molecule has 1 aliphatic carbocycles. The van der Waals surface area contributed by atoms with Crippen molar-refractivity contribution in [3.05, 3.63) is 42.0 Å². The van der Waals surface area contributed by atoms with Gasteiger partial charge in [-0.25, -0.2) is 8.78 Å². The highest BCUT2D eigenvalue weighted by molar-refractivity contribution is 5.27. The molecule has 0 radical (unpaired) electrons. The molecule has 1 aliphatic rings. The van der Waals surface area contributed by atoms with E-state index in [1.54, 1.807) is 0 Å². The van der Waals surface area contributed by atoms with Crippen LogP contribution in [-0.4, -0.2) is 18.9 Å². The van der Waals surface area contributed by atoms with E-state index in [4.69, 9.17) is 4.74 Å². The maximum Gasteiger partial charge on any atom is 0.573 e. The molecule has 0 heterocycles. The molecular formula is C19H23F5O2. The minimum Gasteiger partial charge on any atom is -0.406 e. The van der Waals surface area contributed by atoms with Gasteiger partial charge in [0.15, 0.2) is 0 Å². The number of hydrogen-bond donors (Lipinski definition) is 0. The summed E-state index contributed by atoms with van der Waals surface area (Å²) in [6.07, 6.45) is -1.32. The van der Waals surface area contributed by atoms with Crippen molar-refractivity contribution in [3.63, 3.8) is 0 Å². The summed E-state index contributed by atoms with van der Waals surface area (Å²) >= 11 is 0. The maximum atomic E-state index is 13.4. The zero-order chi connectivity index (χ0) is 19.2. The summed E-state index contributed by atoms with van der Waals surface area (Å²) in [6.45, 7) is 1.87. The van der Waals surface area contributed by atoms with Crippen molar-refractivity contribution < 1.29 is 31.4 Å². The molecule has 1 saturated carbocycles. The SMILES string of the molecule is C/C=C/C1CCC(C(OCc2ccc(OC(F)(F)F)cc2)C(F)F)CC1. The molecule has 0 aromatic heterocycles. The first kappa shape index (κ1) is 20.7. The van der Waals surface area contributed by atoms with Crippen molar-refractivity contribution in [2.75, 3.05) is 0 Å². The van der Waals surface area contributed by atoms with Crippen LogP contribution in [0.1, 0.15) is 38.2 Å². The van der Waals surface area contributed by atoms with E-state index in [2.05, 4.69) is 10.8 Å². The number of allylic oxidation sites excluding steroid dienone is 2. The molecule has 1 aromatic carbocycles. The van der Waals surface area contributed by atoms with E-state index in [-0.39, 0.29) is 18.3 Å². The highest BCUT2D eigenvalue weighted by Gasteiger charge is 2.33. The third kappa shape index (κ3) is 6.59. The van der Waals surface area contributed by atoms with Gasteiger partial charge in [0.1, 0.15) is 11.9 Å². The van der Waals surface area contributed by atoms with Crippen molar-refractivity contribution in [2.45, 2.75) is 58.1 Å². The Labute approximate surface area is 150 Å². The lowest BCUT2D eigenvalue weighted by atomic mass is 9.79. The Hall–Kier alpha value is -1.63. The average Bonchev–Trinajstić information content (AvgIpc) is 2.56. The predicted molar refractivity (Wildman–Crippen MR) is 88.0 cm³/mol. The van der Waals surface area contributed by atoms with E-state index < -0.39 is 18.9 Å². The van der Waals surface area contributed by atoms with E-state index in [9.17, 15) is 22.0 Å². The van der Waals surface area contributed by atoms with Gasteiger partial charge in [-0.3, -0.25) is 0 Å². The lowest BCUT2D eigenvalue weighted by molar-refractivity contribution is -0.274. The zero-order valence-electron chi connectivity index (χ0n) is 14.5. The molecule has 146 valence electrons. The third-order valence-corrected chi connectivity index (χ3v) is 4.59. The smallest absolute Gasteiger partial charge is 0.406 e. The molecule has 0 saturated heterocycles. The summed E-state index contributed by atoms with van der Waals surface area (Å²) in [5, 5.41) is 0. The van der Waals surface area contributed by atoms with Gasteiger partial charge in [-0.05, 0) is 62.1 Å². The second kappa shape index (κ2) is 9.35. The van der Waals surface area contributed by atoms with Crippen molar-refractivity contribution in [3.8, 4) is 5.75 Å². The van der Waals surface area contributed by atoms with Crippen LogP contribution in [0.2, 0.25) is 0 Å². The number of halogens is 5. The molecule has 2 rings (SSSR count). The topological polar surface area (TPSA) is 18.5 Å². The molecule has 0 amide bonds. The Morgan fingerprint density at radius 1 is 1.08 bits per heavy atom. The van der Waals surface area contributed by atoms with E-state index >= 15 is 0 Å². The molecule has 2 nitrogen and oxygen atoms in total. The van der Waals surface area contributed by atoms with Crippen LogP contribution in [0.4, 0.5) is 22.0 Å². The van der Waals surface area contributed by atoms with E-state index in [0.717, 1.165) is 25.0 Å². The fourth-order valence-corrected chi connectivity index (χ4v) is 3.33. The van der Waals surface area contributed by atoms with Gasteiger partial charge in [-0.15, -0.1) is 13.2 Å². The van der Waals surface area contributed by atoms with Crippen LogP contribution in [0.15, 0.2) is 36.4 Å². The van der Waals surface area contributed by atoms with Crippen LogP contribution < -0.4 is 4.74 Å². The summed E-state index contributed by atoms with van der Waals surface area (Å²) in [5.41, 5.74) is 0.521.